The fourth-order valence-electron chi connectivity index (χ4n) is 2.02. The largest absolute Gasteiger partial charge is 0.484 e. The molecule has 0 heterocycles. The molecule has 0 aromatic heterocycles. The molecule has 0 radical (unpaired) electrons. The molecular formula is C14H20N2O5. The molecule has 0 aliphatic heterocycles. The quantitative estimate of drug-likeness (QED) is 0.468. The fraction of sp³-hybridized carbons (Fsp3) is 0.500. The molecule has 0 spiro atoms. The number of hydrogen-bond acceptors (Lipinski definition) is 6. The van der Waals surface area contributed by atoms with Gasteiger partial charge in [0.25, 0.3) is 0 Å². The number of likely N-dealkylation sites (N-methyl/N-ethyl adjacent to an activating group) is 1. The summed E-state index contributed by atoms with van der Waals surface area (Å²) in [5, 5.41) is 14.0. The standard InChI is InChI=1S/C14H20N2O5/c1-5-15-11(14(17)20-4)8-21-13-10(3)6-9(2)7-12(13)16(18)19/h6-7,11,15H,5,8H2,1-4H3. The van der Waals surface area contributed by atoms with Crippen molar-refractivity contribution in [1.82, 2.24) is 5.32 Å². The number of ether oxygens (including phenoxy) is 2. The van der Waals surface area contributed by atoms with Gasteiger partial charge in [-0.05, 0) is 31.5 Å². The minimum absolute atomic E-state index is 0.0365. The van der Waals surface area contributed by atoms with Crippen LogP contribution in [0.25, 0.3) is 0 Å². The first kappa shape index (κ1) is 16.9. The Morgan fingerprint density at radius 3 is 2.62 bits per heavy atom. The molecule has 0 saturated heterocycles. The van der Waals surface area contributed by atoms with Gasteiger partial charge in [0.05, 0.1) is 12.0 Å². The Hall–Kier alpha value is -2.15. The number of nitrogens with zero attached hydrogens (tertiary/aromatic N) is 1. The van der Waals surface area contributed by atoms with Crippen molar-refractivity contribution in [3.05, 3.63) is 33.4 Å². The van der Waals surface area contributed by atoms with Crippen LogP contribution in [-0.2, 0) is 9.53 Å². The first-order valence-electron chi connectivity index (χ1n) is 6.60. The number of rotatable bonds is 7. The smallest absolute Gasteiger partial charge is 0.326 e. The van der Waals surface area contributed by atoms with Gasteiger partial charge in [-0.25, -0.2) is 0 Å². The normalized spacial score (nSPS) is 11.8. The van der Waals surface area contributed by atoms with E-state index in [0.717, 1.165) is 5.56 Å². The van der Waals surface area contributed by atoms with Crippen molar-refractivity contribution < 1.29 is 19.2 Å². The average Bonchev–Trinajstić information content (AvgIpc) is 2.43. The van der Waals surface area contributed by atoms with Crippen LogP contribution < -0.4 is 10.1 Å². The van der Waals surface area contributed by atoms with E-state index in [2.05, 4.69) is 10.1 Å². The maximum absolute atomic E-state index is 11.6. The van der Waals surface area contributed by atoms with Gasteiger partial charge in [0, 0.05) is 6.07 Å². The fourth-order valence-corrected chi connectivity index (χ4v) is 2.02. The van der Waals surface area contributed by atoms with E-state index in [-0.39, 0.29) is 18.0 Å². The molecule has 7 nitrogen and oxygen atoms in total. The summed E-state index contributed by atoms with van der Waals surface area (Å²) in [7, 11) is 1.28. The predicted octanol–water partition coefficient (Wildman–Crippen LogP) is 1.74. The van der Waals surface area contributed by atoms with Crippen molar-refractivity contribution in [2.45, 2.75) is 26.8 Å². The van der Waals surface area contributed by atoms with Gasteiger partial charge in [-0.2, -0.15) is 0 Å². The molecule has 1 aromatic carbocycles. The summed E-state index contributed by atoms with van der Waals surface area (Å²) in [6.45, 7) is 5.87. The minimum atomic E-state index is -0.666. The zero-order chi connectivity index (χ0) is 16.0. The van der Waals surface area contributed by atoms with Crippen molar-refractivity contribution in [2.75, 3.05) is 20.3 Å². The van der Waals surface area contributed by atoms with Crippen LogP contribution in [0.3, 0.4) is 0 Å². The van der Waals surface area contributed by atoms with E-state index < -0.39 is 16.9 Å². The lowest BCUT2D eigenvalue weighted by Gasteiger charge is -2.17. The van der Waals surface area contributed by atoms with Gasteiger partial charge < -0.3 is 14.8 Å². The average molecular weight is 296 g/mol. The summed E-state index contributed by atoms with van der Waals surface area (Å²) in [6, 6.07) is 2.58. The molecule has 1 N–H and O–H groups in total. The molecule has 21 heavy (non-hydrogen) atoms. The number of carbonyl (C=O) groups excluding carboxylic acids is 1. The molecule has 0 bridgehead atoms. The van der Waals surface area contributed by atoms with E-state index in [9.17, 15) is 14.9 Å². The Morgan fingerprint density at radius 2 is 2.10 bits per heavy atom. The van der Waals surface area contributed by atoms with Crippen LogP contribution in [0.1, 0.15) is 18.1 Å². The van der Waals surface area contributed by atoms with Crippen LogP contribution >= 0.6 is 0 Å². The first-order valence-corrected chi connectivity index (χ1v) is 6.60. The summed E-state index contributed by atoms with van der Waals surface area (Å²) in [6.07, 6.45) is 0. The highest BCUT2D eigenvalue weighted by Gasteiger charge is 2.23. The van der Waals surface area contributed by atoms with Gasteiger partial charge in [-0.15, -0.1) is 0 Å². The number of methoxy groups -OCH3 is 1. The summed E-state index contributed by atoms with van der Waals surface area (Å²) in [5.41, 5.74) is 1.33. The van der Waals surface area contributed by atoms with E-state index in [1.165, 1.54) is 13.2 Å². The second-order valence-corrected chi connectivity index (χ2v) is 4.63. The number of esters is 1. The highest BCUT2D eigenvalue weighted by atomic mass is 16.6. The number of carbonyl (C=O) groups is 1. The number of nitrogens with one attached hydrogen (secondary N) is 1. The highest BCUT2D eigenvalue weighted by Crippen LogP contribution is 2.32. The Morgan fingerprint density at radius 1 is 1.43 bits per heavy atom. The molecule has 1 atom stereocenters. The summed E-state index contributed by atoms with van der Waals surface area (Å²) >= 11 is 0. The molecule has 1 rings (SSSR count). The number of hydrogen-bond donors (Lipinski definition) is 1. The monoisotopic (exact) mass is 296 g/mol. The number of nitro groups is 1. The second-order valence-electron chi connectivity index (χ2n) is 4.63. The Bertz CT molecular complexity index is 530. The molecule has 1 aromatic rings. The Kier molecular flexibility index (Phi) is 6.10. The molecule has 116 valence electrons. The van der Waals surface area contributed by atoms with Gasteiger partial charge in [-0.3, -0.25) is 14.9 Å². The Labute approximate surface area is 123 Å². The number of benzene rings is 1. The number of nitro benzene ring substituents is 1. The van der Waals surface area contributed by atoms with Gasteiger partial charge >= 0.3 is 11.7 Å². The molecule has 0 aliphatic rings. The van der Waals surface area contributed by atoms with E-state index in [1.807, 2.05) is 6.92 Å². The lowest BCUT2D eigenvalue weighted by atomic mass is 10.1. The van der Waals surface area contributed by atoms with Crippen molar-refractivity contribution in [3.63, 3.8) is 0 Å². The van der Waals surface area contributed by atoms with E-state index in [4.69, 9.17) is 4.74 Å². The highest BCUT2D eigenvalue weighted by molar-refractivity contribution is 5.75. The lowest BCUT2D eigenvalue weighted by molar-refractivity contribution is -0.386. The van der Waals surface area contributed by atoms with Crippen molar-refractivity contribution >= 4 is 11.7 Å². The van der Waals surface area contributed by atoms with Crippen LogP contribution in [0.15, 0.2) is 12.1 Å². The van der Waals surface area contributed by atoms with Gasteiger partial charge in [0.2, 0.25) is 0 Å². The summed E-state index contributed by atoms with van der Waals surface area (Å²) in [4.78, 5) is 22.2. The zero-order valence-electron chi connectivity index (χ0n) is 12.6. The van der Waals surface area contributed by atoms with Crippen molar-refractivity contribution in [3.8, 4) is 5.75 Å². The predicted molar refractivity (Wildman–Crippen MR) is 77.5 cm³/mol. The summed E-state index contributed by atoms with van der Waals surface area (Å²) in [5.74, 6) is -0.290. The minimum Gasteiger partial charge on any atom is -0.484 e. The third kappa shape index (κ3) is 4.42. The van der Waals surface area contributed by atoms with Crippen LogP contribution in [-0.4, -0.2) is 37.2 Å². The maximum Gasteiger partial charge on any atom is 0.326 e. The van der Waals surface area contributed by atoms with Crippen LogP contribution in [0.5, 0.6) is 5.75 Å². The van der Waals surface area contributed by atoms with Gasteiger partial charge in [0.15, 0.2) is 5.75 Å². The van der Waals surface area contributed by atoms with E-state index in [0.29, 0.717) is 12.1 Å². The second kappa shape index (κ2) is 7.58. The molecule has 0 fully saturated rings. The van der Waals surface area contributed by atoms with E-state index in [1.54, 1.807) is 19.9 Å². The van der Waals surface area contributed by atoms with E-state index >= 15 is 0 Å². The molecule has 0 aliphatic carbocycles. The molecule has 0 saturated carbocycles. The lowest BCUT2D eigenvalue weighted by Crippen LogP contribution is -2.42. The topological polar surface area (TPSA) is 90.7 Å². The number of aryl methyl sites for hydroxylation is 2. The maximum atomic E-state index is 11.6. The molecule has 7 heteroatoms. The van der Waals surface area contributed by atoms with Crippen molar-refractivity contribution in [2.24, 2.45) is 0 Å². The van der Waals surface area contributed by atoms with Gasteiger partial charge in [-0.1, -0.05) is 13.0 Å². The summed E-state index contributed by atoms with van der Waals surface area (Å²) < 4.78 is 10.2. The van der Waals surface area contributed by atoms with Crippen LogP contribution in [0.4, 0.5) is 5.69 Å². The van der Waals surface area contributed by atoms with Crippen LogP contribution in [0.2, 0.25) is 0 Å². The molecule has 0 amide bonds. The zero-order valence-corrected chi connectivity index (χ0v) is 12.6. The Balaban J connectivity index is 2.96. The van der Waals surface area contributed by atoms with Gasteiger partial charge in [0.1, 0.15) is 12.6 Å². The van der Waals surface area contributed by atoms with Crippen LogP contribution in [0, 0.1) is 24.0 Å². The first-order chi connectivity index (χ1) is 9.90. The molecular weight excluding hydrogens is 276 g/mol. The third-order valence-electron chi connectivity index (χ3n) is 2.93. The SMILES string of the molecule is CCNC(COc1c(C)cc(C)cc1[N+](=O)[O-])C(=O)OC. The third-order valence-corrected chi connectivity index (χ3v) is 2.93. The van der Waals surface area contributed by atoms with Crippen molar-refractivity contribution in [1.29, 1.82) is 0 Å². The molecule has 1 unspecified atom stereocenters.